The van der Waals surface area contributed by atoms with Crippen LogP contribution in [0.3, 0.4) is 0 Å². The number of hydrogen-bond donors (Lipinski definition) is 7. The standard InChI is InChI=1S/C27H32O13/c1-11-2-4-12(5-3-11)17-8-15(30)20-14(29)6-13(7-18(20)38-17)37-27-25(23(34)22(33)19(9-28)39-27)40-26-24(35)21(32)16(31)10-36-26/h2-7,16-17,19,21-29,31-35H,8-10H2,1H3. The van der Waals surface area contributed by atoms with Gasteiger partial charge in [-0.2, -0.15) is 0 Å². The van der Waals surface area contributed by atoms with E-state index >= 15 is 0 Å². The number of ketones is 1. The first-order chi connectivity index (χ1) is 19.1. The minimum atomic E-state index is -1.72. The van der Waals surface area contributed by atoms with E-state index in [1.54, 1.807) is 0 Å². The van der Waals surface area contributed by atoms with E-state index in [1.807, 2.05) is 31.2 Å². The molecule has 0 radical (unpaired) electrons. The van der Waals surface area contributed by atoms with E-state index in [2.05, 4.69) is 0 Å². The minimum Gasteiger partial charge on any atom is -0.507 e. The molecule has 3 heterocycles. The SMILES string of the molecule is Cc1ccc(C2CC(=O)c3c(O)cc(OC4OC(CO)C(O)C(O)C4OC4OCC(O)C(O)C4O)cc3O2)cc1. The highest BCUT2D eigenvalue weighted by atomic mass is 16.8. The molecule has 40 heavy (non-hydrogen) atoms. The predicted molar refractivity (Wildman–Crippen MR) is 133 cm³/mol. The number of aryl methyl sites for hydroxylation is 1. The molecular weight excluding hydrogens is 532 g/mol. The summed E-state index contributed by atoms with van der Waals surface area (Å²) in [5.41, 5.74) is 1.78. The summed E-state index contributed by atoms with van der Waals surface area (Å²) in [4.78, 5) is 12.9. The van der Waals surface area contributed by atoms with Crippen LogP contribution in [0.15, 0.2) is 36.4 Å². The Balaban J connectivity index is 1.40. The van der Waals surface area contributed by atoms with Crippen LogP contribution >= 0.6 is 0 Å². The van der Waals surface area contributed by atoms with Gasteiger partial charge in [0.2, 0.25) is 6.29 Å². The average molecular weight is 565 g/mol. The number of carbonyl (C=O) groups is 1. The maximum atomic E-state index is 12.9. The molecule has 0 spiro atoms. The summed E-state index contributed by atoms with van der Waals surface area (Å²) in [6.07, 6.45) is -14.6. The second-order valence-electron chi connectivity index (χ2n) is 10.1. The van der Waals surface area contributed by atoms with Gasteiger partial charge in [-0.1, -0.05) is 29.8 Å². The Labute approximate surface area is 228 Å². The van der Waals surface area contributed by atoms with E-state index in [-0.39, 0.29) is 35.9 Å². The van der Waals surface area contributed by atoms with E-state index in [9.17, 15) is 40.5 Å². The average Bonchev–Trinajstić information content (AvgIpc) is 2.92. The maximum absolute atomic E-state index is 12.9. The molecule has 0 aliphatic carbocycles. The monoisotopic (exact) mass is 564 g/mol. The molecule has 2 aromatic rings. The van der Waals surface area contributed by atoms with Gasteiger partial charge in [-0.15, -0.1) is 0 Å². The number of aliphatic hydroxyl groups is 6. The third-order valence-corrected chi connectivity index (χ3v) is 7.25. The Morgan fingerprint density at radius 3 is 2.38 bits per heavy atom. The Bertz CT molecular complexity index is 1200. The molecule has 0 aromatic heterocycles. The van der Waals surface area contributed by atoms with Crippen LogP contribution < -0.4 is 9.47 Å². The molecule has 218 valence electrons. The van der Waals surface area contributed by atoms with Gasteiger partial charge in [0.25, 0.3) is 0 Å². The van der Waals surface area contributed by atoms with E-state index in [1.165, 1.54) is 6.07 Å². The topological polar surface area (TPSA) is 205 Å². The molecule has 7 N–H and O–H groups in total. The summed E-state index contributed by atoms with van der Waals surface area (Å²) in [6, 6.07) is 9.96. The number of phenolic OH excluding ortho intramolecular Hbond substituents is 1. The summed E-state index contributed by atoms with van der Waals surface area (Å²) in [6.45, 7) is 0.859. The lowest BCUT2D eigenvalue weighted by atomic mass is 9.95. The lowest BCUT2D eigenvalue weighted by Gasteiger charge is -2.44. The molecule has 3 aliphatic heterocycles. The van der Waals surface area contributed by atoms with Crippen LogP contribution in [0.2, 0.25) is 0 Å². The normalized spacial score (nSPS) is 36.0. The van der Waals surface area contributed by atoms with Crippen LogP contribution in [0.1, 0.15) is 34.0 Å². The number of phenols is 1. The van der Waals surface area contributed by atoms with Gasteiger partial charge in [0, 0.05) is 12.1 Å². The molecular formula is C27H32O13. The number of Topliss-reactive ketones (excluding diaryl/α,β-unsaturated/α-hetero) is 1. The molecule has 2 fully saturated rings. The van der Waals surface area contributed by atoms with Crippen molar-refractivity contribution in [3.8, 4) is 17.2 Å². The molecule has 2 saturated heterocycles. The fraction of sp³-hybridized carbons (Fsp3) is 0.519. The summed E-state index contributed by atoms with van der Waals surface area (Å²) in [5, 5.41) is 71.5. The Morgan fingerprint density at radius 2 is 1.68 bits per heavy atom. The zero-order valence-electron chi connectivity index (χ0n) is 21.4. The van der Waals surface area contributed by atoms with E-state index < -0.39 is 73.8 Å². The van der Waals surface area contributed by atoms with Crippen LogP contribution in [-0.4, -0.2) is 110 Å². The summed E-state index contributed by atoms with van der Waals surface area (Å²) in [5.74, 6) is -0.773. The number of aromatic hydroxyl groups is 1. The van der Waals surface area contributed by atoms with Crippen LogP contribution in [0, 0.1) is 6.92 Å². The molecule has 3 aliphatic rings. The number of carbonyl (C=O) groups excluding carboxylic acids is 1. The number of ether oxygens (including phenoxy) is 5. The Hall–Kier alpha value is -2.85. The molecule has 0 amide bonds. The second-order valence-corrected chi connectivity index (χ2v) is 10.1. The molecule has 13 nitrogen and oxygen atoms in total. The Kier molecular flexibility index (Phi) is 8.29. The van der Waals surface area contributed by atoms with Crippen molar-refractivity contribution in [2.75, 3.05) is 13.2 Å². The molecule has 10 atom stereocenters. The number of fused-ring (bicyclic) bond motifs is 1. The zero-order valence-corrected chi connectivity index (χ0v) is 21.4. The van der Waals surface area contributed by atoms with Crippen molar-refractivity contribution in [1.82, 2.24) is 0 Å². The van der Waals surface area contributed by atoms with Crippen molar-refractivity contribution in [3.05, 3.63) is 53.1 Å². The molecule has 10 unspecified atom stereocenters. The summed E-state index contributed by atoms with van der Waals surface area (Å²) >= 11 is 0. The van der Waals surface area contributed by atoms with E-state index in [0.29, 0.717) is 0 Å². The number of benzene rings is 2. The van der Waals surface area contributed by atoms with Crippen molar-refractivity contribution < 1.29 is 64.2 Å². The van der Waals surface area contributed by atoms with Crippen LogP contribution in [0.5, 0.6) is 17.2 Å². The maximum Gasteiger partial charge on any atom is 0.229 e. The molecule has 0 saturated carbocycles. The highest BCUT2D eigenvalue weighted by molar-refractivity contribution is 6.02. The molecule has 13 heteroatoms. The van der Waals surface area contributed by atoms with E-state index in [4.69, 9.17) is 23.7 Å². The highest BCUT2D eigenvalue weighted by Gasteiger charge is 2.50. The smallest absolute Gasteiger partial charge is 0.229 e. The van der Waals surface area contributed by atoms with Gasteiger partial charge >= 0.3 is 0 Å². The summed E-state index contributed by atoms with van der Waals surface area (Å²) < 4.78 is 28.4. The zero-order chi connectivity index (χ0) is 28.7. The van der Waals surface area contributed by atoms with Gasteiger partial charge in [0.1, 0.15) is 65.5 Å². The van der Waals surface area contributed by atoms with Crippen molar-refractivity contribution >= 4 is 5.78 Å². The second kappa shape index (κ2) is 11.6. The van der Waals surface area contributed by atoms with E-state index in [0.717, 1.165) is 17.2 Å². The van der Waals surface area contributed by atoms with Gasteiger partial charge < -0.3 is 59.4 Å². The lowest BCUT2D eigenvalue weighted by molar-refractivity contribution is -0.344. The van der Waals surface area contributed by atoms with Crippen LogP contribution in [-0.2, 0) is 14.2 Å². The van der Waals surface area contributed by atoms with Crippen LogP contribution in [0.4, 0.5) is 0 Å². The number of hydrogen-bond acceptors (Lipinski definition) is 13. The van der Waals surface area contributed by atoms with Crippen LogP contribution in [0.25, 0.3) is 0 Å². The van der Waals surface area contributed by atoms with Gasteiger partial charge in [-0.25, -0.2) is 0 Å². The number of aliphatic hydroxyl groups excluding tert-OH is 6. The Morgan fingerprint density at radius 1 is 0.950 bits per heavy atom. The lowest BCUT2D eigenvalue weighted by Crippen LogP contribution is -2.63. The fourth-order valence-corrected chi connectivity index (χ4v) is 4.93. The van der Waals surface area contributed by atoms with Gasteiger partial charge in [0.15, 0.2) is 18.2 Å². The highest BCUT2D eigenvalue weighted by Crippen LogP contribution is 2.42. The van der Waals surface area contributed by atoms with Crippen molar-refractivity contribution in [2.24, 2.45) is 0 Å². The quantitative estimate of drug-likeness (QED) is 0.226. The van der Waals surface area contributed by atoms with Gasteiger partial charge in [-0.05, 0) is 12.5 Å². The third kappa shape index (κ3) is 5.52. The first-order valence-corrected chi connectivity index (χ1v) is 12.8. The third-order valence-electron chi connectivity index (χ3n) is 7.25. The minimum absolute atomic E-state index is 0.0119. The largest absolute Gasteiger partial charge is 0.507 e. The summed E-state index contributed by atoms with van der Waals surface area (Å²) in [7, 11) is 0. The first kappa shape index (κ1) is 28.7. The van der Waals surface area contributed by atoms with Crippen molar-refractivity contribution in [3.63, 3.8) is 0 Å². The predicted octanol–water partition coefficient (Wildman–Crippen LogP) is -0.951. The fourth-order valence-electron chi connectivity index (χ4n) is 4.93. The van der Waals surface area contributed by atoms with Crippen molar-refractivity contribution in [2.45, 2.75) is 74.8 Å². The van der Waals surface area contributed by atoms with Gasteiger partial charge in [-0.3, -0.25) is 4.79 Å². The molecule has 0 bridgehead atoms. The molecule has 5 rings (SSSR count). The molecule has 2 aromatic carbocycles. The number of rotatable bonds is 6. The van der Waals surface area contributed by atoms with Crippen molar-refractivity contribution in [1.29, 1.82) is 0 Å². The van der Waals surface area contributed by atoms with Gasteiger partial charge in [0.05, 0.1) is 19.6 Å². The first-order valence-electron chi connectivity index (χ1n) is 12.8.